The molecule has 0 saturated carbocycles. The molecule has 1 unspecified atom stereocenters. The minimum Gasteiger partial charge on any atom is -0.395 e. The molecule has 0 spiro atoms. The SMILES string of the molecule is OCC1CCCN1Cc1ccc(Cl)c(F)c1. The van der Waals surface area contributed by atoms with Crippen molar-refractivity contribution in [2.45, 2.75) is 25.4 Å². The molecule has 1 atom stereocenters. The second-order valence-electron chi connectivity index (χ2n) is 4.20. The lowest BCUT2D eigenvalue weighted by Gasteiger charge is -2.22. The lowest BCUT2D eigenvalue weighted by atomic mass is 10.2. The van der Waals surface area contributed by atoms with Crippen molar-refractivity contribution in [1.82, 2.24) is 4.90 Å². The molecule has 0 aliphatic carbocycles. The highest BCUT2D eigenvalue weighted by Gasteiger charge is 2.23. The van der Waals surface area contributed by atoms with Gasteiger partial charge in [0, 0.05) is 12.6 Å². The number of aliphatic hydroxyl groups is 1. The van der Waals surface area contributed by atoms with Crippen LogP contribution in [-0.4, -0.2) is 29.2 Å². The largest absolute Gasteiger partial charge is 0.395 e. The average molecular weight is 244 g/mol. The highest BCUT2D eigenvalue weighted by Crippen LogP contribution is 2.21. The summed E-state index contributed by atoms with van der Waals surface area (Å²) >= 11 is 5.62. The van der Waals surface area contributed by atoms with E-state index in [1.165, 1.54) is 6.07 Å². The first-order valence-corrected chi connectivity index (χ1v) is 5.87. The fraction of sp³-hybridized carbons (Fsp3) is 0.500. The van der Waals surface area contributed by atoms with E-state index >= 15 is 0 Å². The summed E-state index contributed by atoms with van der Waals surface area (Å²) in [4.78, 5) is 2.18. The quantitative estimate of drug-likeness (QED) is 0.882. The zero-order valence-corrected chi connectivity index (χ0v) is 9.75. The molecule has 1 aliphatic heterocycles. The summed E-state index contributed by atoms with van der Waals surface area (Å²) in [5, 5.41) is 9.33. The Kier molecular flexibility index (Phi) is 3.79. The van der Waals surface area contributed by atoms with E-state index in [0.717, 1.165) is 24.9 Å². The Morgan fingerprint density at radius 1 is 1.50 bits per heavy atom. The Morgan fingerprint density at radius 3 is 3.00 bits per heavy atom. The summed E-state index contributed by atoms with van der Waals surface area (Å²) in [5.41, 5.74) is 0.905. The van der Waals surface area contributed by atoms with E-state index in [0.29, 0.717) is 6.54 Å². The first-order valence-electron chi connectivity index (χ1n) is 5.49. The Balaban J connectivity index is 2.05. The fourth-order valence-corrected chi connectivity index (χ4v) is 2.30. The van der Waals surface area contributed by atoms with E-state index in [1.807, 2.05) is 6.07 Å². The second-order valence-corrected chi connectivity index (χ2v) is 4.60. The molecule has 0 bridgehead atoms. The normalized spacial score (nSPS) is 21.6. The van der Waals surface area contributed by atoms with Crippen molar-refractivity contribution < 1.29 is 9.50 Å². The van der Waals surface area contributed by atoms with Crippen LogP contribution in [0.15, 0.2) is 18.2 Å². The average Bonchev–Trinajstić information content (AvgIpc) is 2.71. The van der Waals surface area contributed by atoms with Gasteiger partial charge >= 0.3 is 0 Å². The molecule has 2 nitrogen and oxygen atoms in total. The van der Waals surface area contributed by atoms with E-state index in [1.54, 1.807) is 6.07 Å². The molecule has 0 amide bonds. The smallest absolute Gasteiger partial charge is 0.142 e. The lowest BCUT2D eigenvalue weighted by Crippen LogP contribution is -2.31. The first-order chi connectivity index (χ1) is 7.70. The number of hydrogen-bond acceptors (Lipinski definition) is 2. The van der Waals surface area contributed by atoms with Gasteiger partial charge in [-0.15, -0.1) is 0 Å². The van der Waals surface area contributed by atoms with Crippen molar-refractivity contribution in [1.29, 1.82) is 0 Å². The van der Waals surface area contributed by atoms with Crippen LogP contribution in [0.25, 0.3) is 0 Å². The molecule has 4 heteroatoms. The standard InChI is InChI=1S/C12H15ClFNO/c13-11-4-3-9(6-12(11)14)7-15-5-1-2-10(15)8-16/h3-4,6,10,16H,1-2,5,7-8H2. The fourth-order valence-electron chi connectivity index (χ4n) is 2.18. The van der Waals surface area contributed by atoms with Gasteiger partial charge in [-0.2, -0.15) is 0 Å². The number of halogens is 2. The number of rotatable bonds is 3. The van der Waals surface area contributed by atoms with Gasteiger partial charge in [-0.25, -0.2) is 4.39 Å². The van der Waals surface area contributed by atoms with Gasteiger partial charge in [0.1, 0.15) is 5.82 Å². The van der Waals surface area contributed by atoms with Crippen LogP contribution in [0.4, 0.5) is 4.39 Å². The van der Waals surface area contributed by atoms with Gasteiger partial charge in [0.15, 0.2) is 0 Å². The highest BCUT2D eigenvalue weighted by molar-refractivity contribution is 6.30. The van der Waals surface area contributed by atoms with Crippen LogP contribution in [0.1, 0.15) is 18.4 Å². The van der Waals surface area contributed by atoms with Gasteiger partial charge in [-0.1, -0.05) is 17.7 Å². The van der Waals surface area contributed by atoms with Gasteiger partial charge in [-0.3, -0.25) is 4.90 Å². The molecule has 1 heterocycles. The molecule has 1 aromatic rings. The number of benzene rings is 1. The van der Waals surface area contributed by atoms with Crippen molar-refractivity contribution in [3.63, 3.8) is 0 Å². The Hall–Kier alpha value is -0.640. The molecular weight excluding hydrogens is 229 g/mol. The number of aliphatic hydroxyl groups excluding tert-OH is 1. The third kappa shape index (κ3) is 2.54. The minimum absolute atomic E-state index is 0.156. The topological polar surface area (TPSA) is 23.5 Å². The molecule has 1 N–H and O–H groups in total. The molecule has 1 aliphatic rings. The third-order valence-corrected chi connectivity index (χ3v) is 3.39. The van der Waals surface area contributed by atoms with Crippen molar-refractivity contribution in [3.8, 4) is 0 Å². The highest BCUT2D eigenvalue weighted by atomic mass is 35.5. The van der Waals surface area contributed by atoms with Crippen LogP contribution in [0.3, 0.4) is 0 Å². The summed E-state index contributed by atoms with van der Waals surface area (Å²) < 4.78 is 13.2. The maximum absolute atomic E-state index is 13.2. The molecule has 1 saturated heterocycles. The molecule has 1 fully saturated rings. The third-order valence-electron chi connectivity index (χ3n) is 3.08. The van der Waals surface area contributed by atoms with Crippen LogP contribution in [0, 0.1) is 5.82 Å². The summed E-state index contributed by atoms with van der Waals surface area (Å²) in [6.45, 7) is 1.82. The summed E-state index contributed by atoms with van der Waals surface area (Å²) in [5.74, 6) is -0.376. The lowest BCUT2D eigenvalue weighted by molar-refractivity contribution is 0.153. The van der Waals surface area contributed by atoms with Crippen LogP contribution in [-0.2, 0) is 6.54 Å². The van der Waals surface area contributed by atoms with Gasteiger partial charge in [0.2, 0.25) is 0 Å². The number of nitrogens with zero attached hydrogens (tertiary/aromatic N) is 1. The van der Waals surface area contributed by atoms with E-state index in [4.69, 9.17) is 11.6 Å². The molecule has 16 heavy (non-hydrogen) atoms. The zero-order valence-electron chi connectivity index (χ0n) is 9.00. The Bertz CT molecular complexity index is 372. The van der Waals surface area contributed by atoms with Crippen molar-refractivity contribution in [2.75, 3.05) is 13.2 Å². The van der Waals surface area contributed by atoms with Crippen LogP contribution in [0.5, 0.6) is 0 Å². The number of hydrogen-bond donors (Lipinski definition) is 1. The van der Waals surface area contributed by atoms with Crippen molar-refractivity contribution in [3.05, 3.63) is 34.6 Å². The Morgan fingerprint density at radius 2 is 2.31 bits per heavy atom. The second kappa shape index (κ2) is 5.13. The van der Waals surface area contributed by atoms with E-state index in [9.17, 15) is 9.50 Å². The van der Waals surface area contributed by atoms with Gasteiger partial charge < -0.3 is 5.11 Å². The van der Waals surface area contributed by atoms with Gasteiger partial charge in [-0.05, 0) is 37.1 Å². The predicted molar refractivity (Wildman–Crippen MR) is 61.9 cm³/mol. The van der Waals surface area contributed by atoms with Crippen LogP contribution < -0.4 is 0 Å². The first kappa shape index (κ1) is 11.8. The molecule has 0 aromatic heterocycles. The predicted octanol–water partition coefficient (Wildman–Crippen LogP) is 2.44. The monoisotopic (exact) mass is 243 g/mol. The van der Waals surface area contributed by atoms with Crippen LogP contribution >= 0.6 is 11.6 Å². The molecular formula is C12H15ClFNO. The number of likely N-dealkylation sites (tertiary alicyclic amines) is 1. The minimum atomic E-state index is -0.376. The molecule has 88 valence electrons. The van der Waals surface area contributed by atoms with Gasteiger partial charge in [0.05, 0.1) is 11.6 Å². The van der Waals surface area contributed by atoms with E-state index < -0.39 is 0 Å². The summed E-state index contributed by atoms with van der Waals surface area (Å²) in [6.07, 6.45) is 2.12. The van der Waals surface area contributed by atoms with Gasteiger partial charge in [0.25, 0.3) is 0 Å². The molecule has 0 radical (unpaired) electrons. The Labute approximate surface area is 99.6 Å². The summed E-state index contributed by atoms with van der Waals surface area (Å²) in [7, 11) is 0. The van der Waals surface area contributed by atoms with E-state index in [2.05, 4.69) is 4.90 Å². The maximum atomic E-state index is 13.2. The van der Waals surface area contributed by atoms with Crippen LogP contribution in [0.2, 0.25) is 5.02 Å². The zero-order chi connectivity index (χ0) is 11.5. The van der Waals surface area contributed by atoms with Crippen molar-refractivity contribution in [2.24, 2.45) is 0 Å². The molecule has 1 aromatic carbocycles. The van der Waals surface area contributed by atoms with E-state index in [-0.39, 0.29) is 23.5 Å². The maximum Gasteiger partial charge on any atom is 0.142 e. The molecule has 2 rings (SSSR count). The van der Waals surface area contributed by atoms with Crippen molar-refractivity contribution >= 4 is 11.6 Å². The summed E-state index contributed by atoms with van der Waals surface area (Å²) in [6, 6.07) is 5.10.